The molecule has 0 aliphatic carbocycles. The Balaban J connectivity index is 1.57. The van der Waals surface area contributed by atoms with Gasteiger partial charge in [-0.15, -0.1) is 0 Å². The molecule has 1 saturated heterocycles. The zero-order chi connectivity index (χ0) is 25.2. The van der Waals surface area contributed by atoms with Crippen LogP contribution in [0.5, 0.6) is 5.75 Å². The molecule has 0 atom stereocenters. The van der Waals surface area contributed by atoms with E-state index in [0.29, 0.717) is 30.8 Å². The normalized spacial score (nSPS) is 14.5. The molecular weight excluding hydrogens is 558 g/mol. The van der Waals surface area contributed by atoms with Crippen molar-refractivity contribution in [1.29, 1.82) is 0 Å². The highest BCUT2D eigenvalue weighted by Gasteiger charge is 2.31. The van der Waals surface area contributed by atoms with Crippen LogP contribution < -0.4 is 10.3 Å². The average Bonchev–Trinajstić information content (AvgIpc) is 2.83. The molecule has 2 N–H and O–H groups in total. The molecule has 7 nitrogen and oxygen atoms in total. The number of phenolic OH excluding ortho intramolecular Hbond substituents is 1. The van der Waals surface area contributed by atoms with E-state index in [4.69, 9.17) is 16.3 Å². The number of rotatable bonds is 5. The van der Waals surface area contributed by atoms with Gasteiger partial charge in [0.05, 0.1) is 36.2 Å². The van der Waals surface area contributed by atoms with E-state index in [2.05, 4.69) is 36.4 Å². The minimum Gasteiger partial charge on any atom is -0.506 e. The molecule has 0 unspecified atom stereocenters. The van der Waals surface area contributed by atoms with Crippen LogP contribution >= 0.6 is 27.5 Å². The Bertz CT molecular complexity index is 1270. The van der Waals surface area contributed by atoms with Crippen molar-refractivity contribution < 1.29 is 27.4 Å². The lowest BCUT2D eigenvalue weighted by Crippen LogP contribution is -2.37. The molecule has 13 heteroatoms. The topological polar surface area (TPSA) is 82.9 Å². The molecule has 0 spiro atoms. The summed E-state index contributed by atoms with van der Waals surface area (Å²) in [6.07, 6.45) is -2.28. The predicted octanol–water partition coefficient (Wildman–Crippen LogP) is 5.71. The van der Waals surface area contributed by atoms with Gasteiger partial charge in [0, 0.05) is 28.7 Å². The number of aromatic hydroxyl groups is 1. The Hall–Kier alpha value is -2.96. The first-order valence-electron chi connectivity index (χ1n) is 10.2. The number of hydrogen-bond acceptors (Lipinski definition) is 7. The van der Waals surface area contributed by atoms with E-state index in [-0.39, 0.29) is 39.2 Å². The van der Waals surface area contributed by atoms with Crippen molar-refractivity contribution in [3.05, 3.63) is 63.0 Å². The van der Waals surface area contributed by atoms with Crippen molar-refractivity contribution >= 4 is 45.5 Å². The molecule has 35 heavy (non-hydrogen) atoms. The van der Waals surface area contributed by atoms with Gasteiger partial charge < -0.3 is 14.7 Å². The number of nitrogens with zero attached hydrogens (tertiary/aromatic N) is 4. The molecule has 0 radical (unpaired) electrons. The lowest BCUT2D eigenvalue weighted by atomic mass is 10.0. The summed E-state index contributed by atoms with van der Waals surface area (Å²) in [5, 5.41) is 14.4. The van der Waals surface area contributed by atoms with Crippen LogP contribution in [0.4, 0.5) is 29.3 Å². The van der Waals surface area contributed by atoms with E-state index in [1.807, 2.05) is 0 Å². The number of phenols is 1. The number of anilines is 2. The Labute approximate surface area is 210 Å². The third kappa shape index (κ3) is 5.65. The van der Waals surface area contributed by atoms with Crippen LogP contribution in [0.1, 0.15) is 11.1 Å². The van der Waals surface area contributed by atoms with Crippen molar-refractivity contribution in [2.45, 2.75) is 6.18 Å². The van der Waals surface area contributed by atoms with Crippen LogP contribution in [0.3, 0.4) is 0 Å². The Morgan fingerprint density at radius 3 is 2.69 bits per heavy atom. The van der Waals surface area contributed by atoms with Gasteiger partial charge in [-0.25, -0.2) is 14.8 Å². The second-order valence-electron chi connectivity index (χ2n) is 7.40. The number of hydrazone groups is 1. The highest BCUT2D eigenvalue weighted by molar-refractivity contribution is 9.10. The number of ether oxygens (including phenoxy) is 1. The van der Waals surface area contributed by atoms with Gasteiger partial charge in [0.1, 0.15) is 5.75 Å². The van der Waals surface area contributed by atoms with E-state index < -0.39 is 17.6 Å². The zero-order valence-corrected chi connectivity index (χ0v) is 20.1. The Kier molecular flexibility index (Phi) is 7.43. The van der Waals surface area contributed by atoms with Gasteiger partial charge in [0.25, 0.3) is 0 Å². The summed E-state index contributed by atoms with van der Waals surface area (Å²) in [5.41, 5.74) is 2.25. The van der Waals surface area contributed by atoms with Crippen LogP contribution in [0, 0.1) is 5.82 Å². The number of morpholine rings is 1. The quantitative estimate of drug-likeness (QED) is 0.231. The first-order valence-corrected chi connectivity index (χ1v) is 11.3. The highest BCUT2D eigenvalue weighted by Crippen LogP contribution is 2.43. The van der Waals surface area contributed by atoms with Crippen LogP contribution in [-0.4, -0.2) is 47.6 Å². The maximum atomic E-state index is 14.2. The molecule has 1 aliphatic rings. The van der Waals surface area contributed by atoms with E-state index in [1.165, 1.54) is 24.4 Å². The van der Waals surface area contributed by atoms with Gasteiger partial charge in [0.2, 0.25) is 5.95 Å². The standard InChI is InChI=1S/C22H17BrClF4N5O2/c23-15-9-13(19(34)18(24)17(15)12-2-1-3-14(8-12)22(26,27)28)10-30-32-21-29-11-16(25)20(31-21)33-4-6-35-7-5-33/h1-3,8-11,34H,4-7H2,(H,29,31,32)/b30-10-. The van der Waals surface area contributed by atoms with Crippen molar-refractivity contribution in [3.63, 3.8) is 0 Å². The van der Waals surface area contributed by atoms with Gasteiger partial charge in [-0.05, 0) is 23.8 Å². The van der Waals surface area contributed by atoms with Crippen molar-refractivity contribution in [1.82, 2.24) is 9.97 Å². The van der Waals surface area contributed by atoms with Gasteiger partial charge in [0.15, 0.2) is 11.6 Å². The number of aromatic nitrogens is 2. The number of hydrogen-bond donors (Lipinski definition) is 2. The Morgan fingerprint density at radius 1 is 1.23 bits per heavy atom. The summed E-state index contributed by atoms with van der Waals surface area (Å²) in [5.74, 6) is -0.837. The monoisotopic (exact) mass is 573 g/mol. The lowest BCUT2D eigenvalue weighted by molar-refractivity contribution is -0.137. The summed E-state index contributed by atoms with van der Waals surface area (Å²) < 4.78 is 59.1. The second kappa shape index (κ2) is 10.3. The lowest BCUT2D eigenvalue weighted by Gasteiger charge is -2.27. The second-order valence-corrected chi connectivity index (χ2v) is 8.63. The largest absolute Gasteiger partial charge is 0.506 e. The zero-order valence-electron chi connectivity index (χ0n) is 17.8. The molecule has 1 aromatic heterocycles. The fourth-order valence-corrected chi connectivity index (χ4v) is 4.52. The number of alkyl halides is 3. The summed E-state index contributed by atoms with van der Waals surface area (Å²) in [6, 6.07) is 6.05. The molecule has 1 fully saturated rings. The van der Waals surface area contributed by atoms with E-state index >= 15 is 0 Å². The van der Waals surface area contributed by atoms with Crippen LogP contribution in [-0.2, 0) is 10.9 Å². The highest BCUT2D eigenvalue weighted by atomic mass is 79.9. The van der Waals surface area contributed by atoms with Gasteiger partial charge in [-0.2, -0.15) is 23.3 Å². The minimum absolute atomic E-state index is 0.0226. The molecule has 0 saturated carbocycles. The Morgan fingerprint density at radius 2 is 1.97 bits per heavy atom. The summed E-state index contributed by atoms with van der Waals surface area (Å²) in [4.78, 5) is 9.71. The smallest absolute Gasteiger partial charge is 0.416 e. The molecule has 2 aromatic carbocycles. The van der Waals surface area contributed by atoms with Crippen LogP contribution in [0.25, 0.3) is 11.1 Å². The summed E-state index contributed by atoms with van der Waals surface area (Å²) in [6.45, 7) is 1.87. The first-order chi connectivity index (χ1) is 16.6. The van der Waals surface area contributed by atoms with Crippen molar-refractivity contribution in [2.24, 2.45) is 5.10 Å². The molecule has 0 bridgehead atoms. The SMILES string of the molecule is Oc1c(/C=N\Nc2ncc(F)c(N3CCOCC3)n2)cc(Br)c(-c2cccc(C(F)(F)F)c2)c1Cl. The number of halogens is 6. The number of nitrogens with one attached hydrogen (secondary N) is 1. The molecule has 0 amide bonds. The van der Waals surface area contributed by atoms with Crippen molar-refractivity contribution in [2.75, 3.05) is 36.6 Å². The molecule has 184 valence electrons. The molecular formula is C22H17BrClF4N5O2. The summed E-state index contributed by atoms with van der Waals surface area (Å²) in [7, 11) is 0. The maximum Gasteiger partial charge on any atom is 0.416 e. The maximum absolute atomic E-state index is 14.2. The summed E-state index contributed by atoms with van der Waals surface area (Å²) >= 11 is 9.60. The number of benzene rings is 2. The first kappa shape index (κ1) is 25.1. The molecule has 3 aromatic rings. The third-order valence-corrected chi connectivity index (χ3v) is 6.10. The molecule has 1 aliphatic heterocycles. The predicted molar refractivity (Wildman–Crippen MR) is 127 cm³/mol. The fourth-order valence-electron chi connectivity index (χ4n) is 3.41. The van der Waals surface area contributed by atoms with Crippen molar-refractivity contribution in [3.8, 4) is 16.9 Å². The van der Waals surface area contributed by atoms with Gasteiger partial charge in [-0.1, -0.05) is 39.7 Å². The van der Waals surface area contributed by atoms with E-state index in [0.717, 1.165) is 18.3 Å². The third-order valence-electron chi connectivity index (χ3n) is 5.10. The molecule has 4 rings (SSSR count). The van der Waals surface area contributed by atoms with Gasteiger partial charge in [-0.3, -0.25) is 0 Å². The fraction of sp³-hybridized carbons (Fsp3) is 0.227. The van der Waals surface area contributed by atoms with E-state index in [1.54, 1.807) is 4.90 Å². The van der Waals surface area contributed by atoms with E-state index in [9.17, 15) is 22.7 Å². The van der Waals surface area contributed by atoms with Crippen LogP contribution in [0.15, 0.2) is 46.1 Å². The van der Waals surface area contributed by atoms with Crippen LogP contribution in [0.2, 0.25) is 5.02 Å². The minimum atomic E-state index is -4.53. The van der Waals surface area contributed by atoms with Gasteiger partial charge >= 0.3 is 6.18 Å². The molecule has 2 heterocycles. The average molecular weight is 575 g/mol.